The Morgan fingerprint density at radius 3 is 1.74 bits per heavy atom. The standard InChI is InChI=1S/C30H47NO11/c1-8-11-20(4)38-28(33)37-17-16-31-24(27(32)36-7)18-23-14-15-25(41-29(34)39-21(5)12-9-2)26(19-23)42-30(35)40-22(6)13-10-3/h14-15,19-22,24,31H,8-13,16-18H2,1-7H3/t20?,21?,22?,24-/m0/s1. The lowest BCUT2D eigenvalue weighted by Crippen LogP contribution is -2.41. The van der Waals surface area contributed by atoms with E-state index in [0.717, 1.165) is 25.7 Å². The summed E-state index contributed by atoms with van der Waals surface area (Å²) in [5.74, 6) is -0.699. The van der Waals surface area contributed by atoms with Crippen LogP contribution in [-0.4, -0.2) is 69.1 Å². The summed E-state index contributed by atoms with van der Waals surface area (Å²) in [5, 5.41) is 2.99. The summed E-state index contributed by atoms with van der Waals surface area (Å²) in [4.78, 5) is 49.1. The van der Waals surface area contributed by atoms with Crippen LogP contribution in [0.4, 0.5) is 14.4 Å². The van der Waals surface area contributed by atoms with Crippen LogP contribution in [0.25, 0.3) is 0 Å². The molecule has 0 spiro atoms. The van der Waals surface area contributed by atoms with Crippen LogP contribution in [-0.2, 0) is 34.9 Å². The summed E-state index contributed by atoms with van der Waals surface area (Å²) in [6.45, 7) is 11.3. The molecule has 0 heterocycles. The molecule has 0 aliphatic rings. The minimum absolute atomic E-state index is 0.0351. The Kier molecular flexibility index (Phi) is 17.7. The van der Waals surface area contributed by atoms with E-state index in [1.54, 1.807) is 26.8 Å². The third-order valence-electron chi connectivity index (χ3n) is 6.01. The van der Waals surface area contributed by atoms with E-state index in [0.29, 0.717) is 18.4 Å². The summed E-state index contributed by atoms with van der Waals surface area (Å²) in [6, 6.07) is 3.68. The molecule has 1 aromatic rings. The van der Waals surface area contributed by atoms with Gasteiger partial charge < -0.3 is 38.5 Å². The number of methoxy groups -OCH3 is 1. The van der Waals surface area contributed by atoms with E-state index in [4.69, 9.17) is 33.2 Å². The third kappa shape index (κ3) is 14.9. The predicted molar refractivity (Wildman–Crippen MR) is 154 cm³/mol. The molecule has 12 heteroatoms. The number of rotatable bonds is 18. The molecule has 0 aliphatic heterocycles. The highest BCUT2D eigenvalue weighted by Gasteiger charge is 2.23. The van der Waals surface area contributed by atoms with E-state index >= 15 is 0 Å². The SMILES string of the molecule is CCCC(C)OC(=O)OCCN[C@@H](Cc1ccc(OC(=O)OC(C)CCC)c(OC(=O)OC(C)CCC)c1)C(=O)OC. The minimum atomic E-state index is -0.967. The molecule has 0 bridgehead atoms. The predicted octanol–water partition coefficient (Wildman–Crippen LogP) is 6.11. The molecule has 0 saturated carbocycles. The average Bonchev–Trinajstić information content (AvgIpc) is 2.91. The van der Waals surface area contributed by atoms with Crippen LogP contribution in [0.15, 0.2) is 18.2 Å². The third-order valence-corrected chi connectivity index (χ3v) is 6.01. The second-order valence-corrected chi connectivity index (χ2v) is 9.97. The van der Waals surface area contributed by atoms with Gasteiger partial charge in [0.2, 0.25) is 0 Å². The highest BCUT2D eigenvalue weighted by atomic mass is 16.8. The molecule has 0 aromatic heterocycles. The quantitative estimate of drug-likeness (QED) is 0.0901. The molecule has 42 heavy (non-hydrogen) atoms. The van der Waals surface area contributed by atoms with E-state index < -0.39 is 30.5 Å². The van der Waals surface area contributed by atoms with Crippen molar-refractivity contribution in [2.24, 2.45) is 0 Å². The summed E-state index contributed by atoms with van der Waals surface area (Å²) < 4.78 is 36.4. The molecule has 1 rings (SSSR count). The largest absolute Gasteiger partial charge is 0.514 e. The van der Waals surface area contributed by atoms with Crippen LogP contribution in [0.1, 0.15) is 85.6 Å². The second kappa shape index (κ2) is 20.4. The Balaban J connectivity index is 2.99. The number of benzene rings is 1. The second-order valence-electron chi connectivity index (χ2n) is 9.97. The van der Waals surface area contributed by atoms with Crippen molar-refractivity contribution in [2.45, 2.75) is 111 Å². The van der Waals surface area contributed by atoms with Crippen molar-refractivity contribution < 1.29 is 52.3 Å². The zero-order valence-electron chi connectivity index (χ0n) is 25.9. The topological polar surface area (TPSA) is 145 Å². The van der Waals surface area contributed by atoms with Crippen LogP contribution >= 0.6 is 0 Å². The van der Waals surface area contributed by atoms with Gasteiger partial charge in [0.1, 0.15) is 31.0 Å². The van der Waals surface area contributed by atoms with Crippen molar-refractivity contribution in [3.8, 4) is 11.5 Å². The summed E-state index contributed by atoms with van der Waals surface area (Å²) in [7, 11) is 1.25. The van der Waals surface area contributed by atoms with Crippen molar-refractivity contribution >= 4 is 24.4 Å². The van der Waals surface area contributed by atoms with Gasteiger partial charge in [0, 0.05) is 6.54 Å². The minimum Gasteiger partial charge on any atom is -0.468 e. The number of nitrogens with one attached hydrogen (secondary N) is 1. The van der Waals surface area contributed by atoms with Gasteiger partial charge in [-0.15, -0.1) is 0 Å². The molecule has 0 amide bonds. The fourth-order valence-electron chi connectivity index (χ4n) is 3.98. The smallest absolute Gasteiger partial charge is 0.468 e. The molecule has 1 N–H and O–H groups in total. The molecular formula is C30H47NO11. The fourth-order valence-corrected chi connectivity index (χ4v) is 3.98. The lowest BCUT2D eigenvalue weighted by Gasteiger charge is -2.19. The van der Waals surface area contributed by atoms with Crippen molar-refractivity contribution in [3.05, 3.63) is 23.8 Å². The average molecular weight is 598 g/mol. The van der Waals surface area contributed by atoms with Gasteiger partial charge in [-0.2, -0.15) is 0 Å². The highest BCUT2D eigenvalue weighted by Crippen LogP contribution is 2.30. The van der Waals surface area contributed by atoms with Crippen LogP contribution in [0, 0.1) is 0 Å². The highest BCUT2D eigenvalue weighted by molar-refractivity contribution is 5.76. The normalized spacial score (nSPS) is 13.6. The van der Waals surface area contributed by atoms with Gasteiger partial charge >= 0.3 is 24.4 Å². The molecule has 0 radical (unpaired) electrons. The lowest BCUT2D eigenvalue weighted by molar-refractivity contribution is -0.143. The molecule has 238 valence electrons. The van der Waals surface area contributed by atoms with Gasteiger partial charge in [-0.1, -0.05) is 46.1 Å². The van der Waals surface area contributed by atoms with Crippen LogP contribution in [0.5, 0.6) is 11.5 Å². The Bertz CT molecular complexity index is 984. The number of hydrogen-bond donors (Lipinski definition) is 1. The maximum atomic E-state index is 12.5. The molecule has 0 saturated heterocycles. The number of ether oxygens (including phenoxy) is 7. The molecule has 0 aliphatic carbocycles. The van der Waals surface area contributed by atoms with Crippen molar-refractivity contribution in [3.63, 3.8) is 0 Å². The zero-order valence-corrected chi connectivity index (χ0v) is 25.9. The van der Waals surface area contributed by atoms with Gasteiger partial charge in [-0.05, 0) is 64.2 Å². The Morgan fingerprint density at radius 1 is 0.738 bits per heavy atom. The maximum Gasteiger partial charge on any atom is 0.514 e. The zero-order chi connectivity index (χ0) is 31.5. The van der Waals surface area contributed by atoms with Crippen LogP contribution in [0.3, 0.4) is 0 Å². The number of carbonyl (C=O) groups is 4. The van der Waals surface area contributed by atoms with Crippen molar-refractivity contribution in [1.29, 1.82) is 0 Å². The van der Waals surface area contributed by atoms with Gasteiger partial charge in [-0.25, -0.2) is 14.4 Å². The van der Waals surface area contributed by atoms with Crippen molar-refractivity contribution in [2.75, 3.05) is 20.3 Å². The number of carbonyl (C=O) groups excluding carboxylic acids is 4. The van der Waals surface area contributed by atoms with Gasteiger partial charge in [0.15, 0.2) is 11.5 Å². The molecule has 0 fully saturated rings. The first-order valence-corrected chi connectivity index (χ1v) is 14.6. The van der Waals surface area contributed by atoms with E-state index in [2.05, 4.69) is 5.32 Å². The van der Waals surface area contributed by atoms with Crippen LogP contribution in [0.2, 0.25) is 0 Å². The van der Waals surface area contributed by atoms with Crippen molar-refractivity contribution in [1.82, 2.24) is 5.32 Å². The monoisotopic (exact) mass is 597 g/mol. The number of esters is 1. The first-order valence-electron chi connectivity index (χ1n) is 14.6. The first kappa shape index (κ1) is 36.5. The Labute approximate surface area is 248 Å². The van der Waals surface area contributed by atoms with Gasteiger partial charge in [0.25, 0.3) is 0 Å². The maximum absolute atomic E-state index is 12.5. The summed E-state index contributed by atoms with van der Waals surface area (Å²) >= 11 is 0. The van der Waals surface area contributed by atoms with E-state index in [1.165, 1.54) is 19.2 Å². The molecule has 3 unspecified atom stereocenters. The molecule has 1 aromatic carbocycles. The number of hydrogen-bond acceptors (Lipinski definition) is 12. The Hall–Kier alpha value is -3.54. The summed E-state index contributed by atoms with van der Waals surface area (Å²) in [5.41, 5.74) is 0.552. The van der Waals surface area contributed by atoms with Crippen LogP contribution < -0.4 is 14.8 Å². The summed E-state index contributed by atoms with van der Waals surface area (Å²) in [6.07, 6.45) is 0.958. The molecule has 4 atom stereocenters. The lowest BCUT2D eigenvalue weighted by atomic mass is 10.1. The Morgan fingerprint density at radius 2 is 1.24 bits per heavy atom. The first-order chi connectivity index (χ1) is 20.0. The van der Waals surface area contributed by atoms with E-state index in [9.17, 15) is 19.2 Å². The van der Waals surface area contributed by atoms with E-state index in [1.807, 2.05) is 20.8 Å². The van der Waals surface area contributed by atoms with Gasteiger partial charge in [-0.3, -0.25) is 4.79 Å². The fraction of sp³-hybridized carbons (Fsp3) is 0.667. The van der Waals surface area contributed by atoms with Gasteiger partial charge in [0.05, 0.1) is 7.11 Å². The molecule has 12 nitrogen and oxygen atoms in total. The molecular weight excluding hydrogens is 550 g/mol. The van der Waals surface area contributed by atoms with E-state index in [-0.39, 0.29) is 49.4 Å².